The van der Waals surface area contributed by atoms with Crippen LogP contribution >= 0.6 is 0 Å². The second-order valence-corrected chi connectivity index (χ2v) is 6.17. The molecule has 2 fully saturated rings. The van der Waals surface area contributed by atoms with Gasteiger partial charge in [-0.2, -0.15) is 4.98 Å². The summed E-state index contributed by atoms with van der Waals surface area (Å²) in [5, 5.41) is 6.82. The van der Waals surface area contributed by atoms with Crippen LogP contribution in [0.3, 0.4) is 0 Å². The molecule has 1 amide bonds. The molecule has 0 unspecified atom stereocenters. The topological polar surface area (TPSA) is 80.5 Å². The molecule has 0 saturated carbocycles. The van der Waals surface area contributed by atoms with Gasteiger partial charge in [0.2, 0.25) is 11.8 Å². The Morgan fingerprint density at radius 2 is 2.18 bits per heavy atom. The number of hydrogen-bond donors (Lipinski definition) is 1. The highest BCUT2D eigenvalue weighted by Crippen LogP contribution is 2.26. The maximum absolute atomic E-state index is 12.0. The van der Waals surface area contributed by atoms with Crippen LogP contribution in [-0.4, -0.2) is 59.8 Å². The highest BCUT2D eigenvalue weighted by atomic mass is 16.5. The molecular weight excluding hydrogens is 284 g/mol. The van der Waals surface area contributed by atoms with E-state index < -0.39 is 0 Å². The summed E-state index contributed by atoms with van der Waals surface area (Å²) in [5.41, 5.74) is 0. The molecule has 3 rings (SSSR count). The minimum absolute atomic E-state index is 0.0857. The number of ether oxygens (including phenoxy) is 1. The van der Waals surface area contributed by atoms with E-state index in [0.29, 0.717) is 24.8 Å². The summed E-state index contributed by atoms with van der Waals surface area (Å²) in [6, 6.07) is 0. The van der Waals surface area contributed by atoms with Crippen molar-refractivity contribution in [1.29, 1.82) is 0 Å². The Hall–Kier alpha value is -1.47. The first-order valence-corrected chi connectivity index (χ1v) is 8.11. The van der Waals surface area contributed by atoms with Crippen LogP contribution < -0.4 is 5.32 Å². The number of piperidine rings is 1. The Kier molecular flexibility index (Phi) is 5.04. The van der Waals surface area contributed by atoms with E-state index in [1.165, 1.54) is 0 Å². The van der Waals surface area contributed by atoms with Gasteiger partial charge in [0.15, 0.2) is 5.82 Å². The number of likely N-dealkylation sites (tertiary alicyclic amines) is 1. The van der Waals surface area contributed by atoms with E-state index in [2.05, 4.69) is 20.4 Å². The van der Waals surface area contributed by atoms with Gasteiger partial charge in [0.25, 0.3) is 0 Å². The molecule has 7 heteroatoms. The number of carbonyl (C=O) groups is 1. The highest BCUT2D eigenvalue weighted by Gasteiger charge is 2.26. The van der Waals surface area contributed by atoms with Crippen LogP contribution in [0.5, 0.6) is 0 Å². The molecule has 1 N–H and O–H groups in total. The number of carbonyl (C=O) groups excluding carboxylic acids is 1. The molecular formula is C15H24N4O3. The van der Waals surface area contributed by atoms with Crippen molar-refractivity contribution in [2.45, 2.75) is 44.6 Å². The van der Waals surface area contributed by atoms with Gasteiger partial charge in [0, 0.05) is 19.1 Å². The van der Waals surface area contributed by atoms with Gasteiger partial charge in [-0.05, 0) is 45.7 Å². The fourth-order valence-corrected chi connectivity index (χ4v) is 3.11. The van der Waals surface area contributed by atoms with Gasteiger partial charge >= 0.3 is 0 Å². The lowest BCUT2D eigenvalue weighted by Crippen LogP contribution is -2.43. The Balaban J connectivity index is 1.37. The van der Waals surface area contributed by atoms with Crippen LogP contribution in [0.2, 0.25) is 0 Å². The first-order chi connectivity index (χ1) is 10.7. The first-order valence-electron chi connectivity index (χ1n) is 8.11. The monoisotopic (exact) mass is 308 g/mol. The van der Waals surface area contributed by atoms with Crippen molar-refractivity contribution in [3.63, 3.8) is 0 Å². The molecule has 0 aromatic carbocycles. The largest absolute Gasteiger partial charge is 0.376 e. The van der Waals surface area contributed by atoms with Gasteiger partial charge in [-0.1, -0.05) is 5.16 Å². The zero-order valence-corrected chi connectivity index (χ0v) is 13.1. The van der Waals surface area contributed by atoms with Crippen molar-refractivity contribution in [2.75, 3.05) is 32.8 Å². The Morgan fingerprint density at radius 3 is 2.82 bits per heavy atom. The molecule has 1 aromatic heterocycles. The molecule has 2 aliphatic heterocycles. The number of aromatic nitrogens is 2. The van der Waals surface area contributed by atoms with Crippen LogP contribution in [0.15, 0.2) is 4.52 Å². The summed E-state index contributed by atoms with van der Waals surface area (Å²) in [7, 11) is 0. The molecule has 0 spiro atoms. The summed E-state index contributed by atoms with van der Waals surface area (Å²) < 4.78 is 10.7. The normalized spacial score (nSPS) is 23.8. The first kappa shape index (κ1) is 15.4. The van der Waals surface area contributed by atoms with Crippen LogP contribution in [-0.2, 0) is 9.53 Å². The predicted molar refractivity (Wildman–Crippen MR) is 79.4 cm³/mol. The number of rotatable bonds is 5. The average Bonchev–Trinajstić information content (AvgIpc) is 3.17. The molecule has 0 aliphatic carbocycles. The second-order valence-electron chi connectivity index (χ2n) is 6.17. The molecule has 122 valence electrons. The molecule has 0 bridgehead atoms. The third-order valence-electron chi connectivity index (χ3n) is 4.40. The van der Waals surface area contributed by atoms with E-state index >= 15 is 0 Å². The van der Waals surface area contributed by atoms with Crippen LogP contribution in [0.25, 0.3) is 0 Å². The predicted octanol–water partition coefficient (Wildman–Crippen LogP) is 0.853. The summed E-state index contributed by atoms with van der Waals surface area (Å²) in [6.07, 6.45) is 4.27. The number of amides is 1. The molecule has 22 heavy (non-hydrogen) atoms. The van der Waals surface area contributed by atoms with Crippen LogP contribution in [0.1, 0.15) is 43.3 Å². The molecule has 3 heterocycles. The van der Waals surface area contributed by atoms with E-state index in [1.807, 2.05) is 6.92 Å². The van der Waals surface area contributed by atoms with E-state index in [9.17, 15) is 4.79 Å². The van der Waals surface area contributed by atoms with Gasteiger partial charge < -0.3 is 14.6 Å². The molecule has 7 nitrogen and oxygen atoms in total. The lowest BCUT2D eigenvalue weighted by atomic mass is 9.97. The maximum Gasteiger partial charge on any atom is 0.234 e. The van der Waals surface area contributed by atoms with Crippen LogP contribution in [0.4, 0.5) is 0 Å². The Labute approximate surface area is 130 Å². The van der Waals surface area contributed by atoms with Crippen molar-refractivity contribution in [3.05, 3.63) is 11.7 Å². The third-order valence-corrected chi connectivity index (χ3v) is 4.40. The van der Waals surface area contributed by atoms with Crippen molar-refractivity contribution in [2.24, 2.45) is 0 Å². The van der Waals surface area contributed by atoms with E-state index in [4.69, 9.17) is 9.26 Å². The molecule has 2 saturated heterocycles. The summed E-state index contributed by atoms with van der Waals surface area (Å²) >= 11 is 0. The molecule has 1 aromatic rings. The number of nitrogens with zero attached hydrogens (tertiary/aromatic N) is 3. The molecule has 2 aliphatic rings. The Bertz CT molecular complexity index is 491. The molecule has 0 radical (unpaired) electrons. The smallest absolute Gasteiger partial charge is 0.234 e. The van der Waals surface area contributed by atoms with Crippen LogP contribution in [0, 0.1) is 6.92 Å². The van der Waals surface area contributed by atoms with Crippen molar-refractivity contribution in [3.8, 4) is 0 Å². The summed E-state index contributed by atoms with van der Waals surface area (Å²) in [4.78, 5) is 18.5. The van der Waals surface area contributed by atoms with Gasteiger partial charge in [-0.15, -0.1) is 0 Å². The van der Waals surface area contributed by atoms with Gasteiger partial charge in [0.1, 0.15) is 0 Å². The SMILES string of the molecule is Cc1noc(C2CCN(CC(=O)NC[C@@H]3CCCO3)CC2)n1. The molecule has 1 atom stereocenters. The number of aryl methyl sites for hydroxylation is 1. The standard InChI is InChI=1S/C15H24N4O3/c1-11-17-15(22-18-11)12-4-6-19(7-5-12)10-14(20)16-9-13-3-2-8-21-13/h12-13H,2-10H2,1H3,(H,16,20)/t13-/m0/s1. The third kappa shape index (κ3) is 4.04. The quantitative estimate of drug-likeness (QED) is 0.869. The van der Waals surface area contributed by atoms with Crippen molar-refractivity contribution in [1.82, 2.24) is 20.4 Å². The van der Waals surface area contributed by atoms with E-state index in [0.717, 1.165) is 51.3 Å². The second kappa shape index (κ2) is 7.19. The lowest BCUT2D eigenvalue weighted by Gasteiger charge is -2.29. The van der Waals surface area contributed by atoms with Crippen molar-refractivity contribution < 1.29 is 14.1 Å². The zero-order valence-electron chi connectivity index (χ0n) is 13.1. The lowest BCUT2D eigenvalue weighted by molar-refractivity contribution is -0.123. The minimum Gasteiger partial charge on any atom is -0.376 e. The average molecular weight is 308 g/mol. The zero-order chi connectivity index (χ0) is 15.4. The van der Waals surface area contributed by atoms with Gasteiger partial charge in [0.05, 0.1) is 12.6 Å². The van der Waals surface area contributed by atoms with Gasteiger partial charge in [-0.25, -0.2) is 0 Å². The highest BCUT2D eigenvalue weighted by molar-refractivity contribution is 5.78. The van der Waals surface area contributed by atoms with Gasteiger partial charge in [-0.3, -0.25) is 9.69 Å². The number of hydrogen-bond acceptors (Lipinski definition) is 6. The Morgan fingerprint density at radius 1 is 1.36 bits per heavy atom. The summed E-state index contributed by atoms with van der Waals surface area (Å²) in [5.74, 6) is 1.83. The summed E-state index contributed by atoms with van der Waals surface area (Å²) in [6.45, 7) is 5.53. The fraction of sp³-hybridized carbons (Fsp3) is 0.800. The number of nitrogens with one attached hydrogen (secondary N) is 1. The maximum atomic E-state index is 12.0. The van der Waals surface area contributed by atoms with E-state index in [1.54, 1.807) is 0 Å². The van der Waals surface area contributed by atoms with Crippen molar-refractivity contribution >= 4 is 5.91 Å². The van der Waals surface area contributed by atoms with E-state index in [-0.39, 0.29) is 12.0 Å². The fourth-order valence-electron chi connectivity index (χ4n) is 3.11. The minimum atomic E-state index is 0.0857.